The number of carbonyl (C=O) groups is 2. The summed E-state index contributed by atoms with van der Waals surface area (Å²) in [5, 5.41) is 0. The molecule has 0 aromatic heterocycles. The first kappa shape index (κ1) is 54.5. The van der Waals surface area contributed by atoms with Crippen LogP contribution in [-0.2, 0) is 14.3 Å². The zero-order valence-corrected chi connectivity index (χ0v) is 40.5. The van der Waals surface area contributed by atoms with E-state index in [1.807, 2.05) is 31.2 Å². The van der Waals surface area contributed by atoms with Gasteiger partial charge in [-0.15, -0.1) is 0 Å². The number of unbranched alkanes of at least 4 members (excludes halogenated alkanes) is 8. The van der Waals surface area contributed by atoms with Crippen molar-refractivity contribution in [3.8, 4) is 0 Å². The van der Waals surface area contributed by atoms with Gasteiger partial charge in [0.2, 0.25) is 0 Å². The lowest BCUT2D eigenvalue weighted by Crippen LogP contribution is -2.36. The van der Waals surface area contributed by atoms with E-state index in [2.05, 4.69) is 147 Å². The molecule has 0 unspecified atom stereocenters. The first-order valence-corrected chi connectivity index (χ1v) is 23.3. The van der Waals surface area contributed by atoms with Gasteiger partial charge in [-0.25, -0.2) is 0 Å². The standard InChI is InChI=1S/C58H84O3/c1-12-13-14-15-16-17-18-19-20-21-22-23-24-25-26-42-56(60)61-58(10,11)55(59)46-44-52(6)40-31-38-50(4)37-29-35-48(2)33-27-28-34-49(3)36-30-39-51(5)43-45-54-53(7)41-32-47-57(54,8)9/h16-17,19-20,27-31,33-40,43-46H,12-15,18,21-26,32,41-42,47H2,1-11H3. The van der Waals surface area contributed by atoms with E-state index in [9.17, 15) is 9.59 Å². The molecule has 0 N–H and O–H groups in total. The summed E-state index contributed by atoms with van der Waals surface area (Å²) in [7, 11) is 0. The monoisotopic (exact) mass is 829 g/mol. The predicted molar refractivity (Wildman–Crippen MR) is 268 cm³/mol. The molecule has 1 rings (SSSR count). The maximum absolute atomic E-state index is 12.9. The van der Waals surface area contributed by atoms with Gasteiger partial charge >= 0.3 is 5.97 Å². The zero-order valence-electron chi connectivity index (χ0n) is 40.5. The van der Waals surface area contributed by atoms with Crippen molar-refractivity contribution in [1.82, 2.24) is 0 Å². The molecule has 3 nitrogen and oxygen atoms in total. The summed E-state index contributed by atoms with van der Waals surface area (Å²) >= 11 is 0. The minimum absolute atomic E-state index is 0.228. The molecule has 0 aromatic rings. The van der Waals surface area contributed by atoms with Crippen molar-refractivity contribution < 1.29 is 14.3 Å². The van der Waals surface area contributed by atoms with Gasteiger partial charge in [0, 0.05) is 6.42 Å². The van der Waals surface area contributed by atoms with Crippen LogP contribution in [0.25, 0.3) is 0 Å². The van der Waals surface area contributed by atoms with Gasteiger partial charge in [0.05, 0.1) is 0 Å². The molecular weight excluding hydrogens is 745 g/mol. The largest absolute Gasteiger partial charge is 0.451 e. The van der Waals surface area contributed by atoms with Gasteiger partial charge < -0.3 is 4.74 Å². The van der Waals surface area contributed by atoms with Crippen LogP contribution in [0.2, 0.25) is 0 Å². The van der Waals surface area contributed by atoms with Crippen molar-refractivity contribution in [2.45, 2.75) is 178 Å². The number of hydrogen-bond donors (Lipinski definition) is 0. The van der Waals surface area contributed by atoms with E-state index < -0.39 is 5.60 Å². The van der Waals surface area contributed by atoms with Crippen LogP contribution in [0.4, 0.5) is 0 Å². The summed E-state index contributed by atoms with van der Waals surface area (Å²) in [4.78, 5) is 25.4. The van der Waals surface area contributed by atoms with Crippen molar-refractivity contribution in [2.24, 2.45) is 5.41 Å². The van der Waals surface area contributed by atoms with Crippen LogP contribution in [0.3, 0.4) is 0 Å². The number of hydrogen-bond acceptors (Lipinski definition) is 3. The lowest BCUT2D eigenvalue weighted by molar-refractivity contribution is -0.162. The lowest BCUT2D eigenvalue weighted by Gasteiger charge is -2.32. The quantitative estimate of drug-likeness (QED) is 0.0259. The number of ketones is 1. The summed E-state index contributed by atoms with van der Waals surface area (Å²) in [6, 6.07) is 0. The van der Waals surface area contributed by atoms with Crippen molar-refractivity contribution >= 4 is 11.8 Å². The van der Waals surface area contributed by atoms with Crippen molar-refractivity contribution in [3.63, 3.8) is 0 Å². The second kappa shape index (κ2) is 32.2. The minimum atomic E-state index is -1.19. The van der Waals surface area contributed by atoms with Crippen molar-refractivity contribution in [1.29, 1.82) is 0 Å². The Balaban J connectivity index is 2.43. The molecule has 0 atom stereocenters. The number of ether oxygens (including phenoxy) is 1. The first-order chi connectivity index (χ1) is 29.1. The summed E-state index contributed by atoms with van der Waals surface area (Å²) in [6.45, 7) is 22.9. The Bertz CT molecular complexity index is 1770. The molecule has 0 aromatic carbocycles. The first-order valence-electron chi connectivity index (χ1n) is 23.3. The smallest absolute Gasteiger partial charge is 0.306 e. The Kier molecular flexibility index (Phi) is 28.8. The van der Waals surface area contributed by atoms with Crippen LogP contribution >= 0.6 is 0 Å². The molecule has 0 fully saturated rings. The van der Waals surface area contributed by atoms with Crippen LogP contribution < -0.4 is 0 Å². The van der Waals surface area contributed by atoms with Gasteiger partial charge in [0.1, 0.15) is 0 Å². The fourth-order valence-corrected chi connectivity index (χ4v) is 6.85. The van der Waals surface area contributed by atoms with E-state index in [4.69, 9.17) is 4.74 Å². The molecule has 3 heteroatoms. The number of carbonyl (C=O) groups excluding carboxylic acids is 2. The molecule has 0 radical (unpaired) electrons. The Morgan fingerprint density at radius 3 is 1.62 bits per heavy atom. The van der Waals surface area contributed by atoms with Gasteiger partial charge in [-0.05, 0) is 130 Å². The second-order valence-corrected chi connectivity index (χ2v) is 17.9. The molecule has 0 bridgehead atoms. The third-order valence-corrected chi connectivity index (χ3v) is 10.8. The number of allylic oxidation sites excluding steroid dienone is 27. The van der Waals surface area contributed by atoms with E-state index in [1.54, 1.807) is 19.9 Å². The summed E-state index contributed by atoms with van der Waals surface area (Å²) < 4.78 is 5.58. The minimum Gasteiger partial charge on any atom is -0.451 e. The summed E-state index contributed by atoms with van der Waals surface area (Å²) in [5.74, 6) is -0.541. The van der Waals surface area contributed by atoms with E-state index in [0.29, 0.717) is 6.42 Å². The van der Waals surface area contributed by atoms with E-state index in [0.717, 1.165) is 55.2 Å². The molecule has 0 amide bonds. The molecule has 1 aliphatic rings. The Morgan fingerprint density at radius 1 is 0.607 bits per heavy atom. The Labute approximate surface area is 374 Å². The topological polar surface area (TPSA) is 43.4 Å². The van der Waals surface area contributed by atoms with E-state index >= 15 is 0 Å². The highest BCUT2D eigenvalue weighted by molar-refractivity contribution is 5.98. The number of esters is 1. The molecule has 0 spiro atoms. The third-order valence-electron chi connectivity index (χ3n) is 10.8. The molecule has 334 valence electrons. The highest BCUT2D eigenvalue weighted by Crippen LogP contribution is 2.40. The molecule has 0 aliphatic heterocycles. The highest BCUT2D eigenvalue weighted by atomic mass is 16.6. The molecular formula is C58H84O3. The average molecular weight is 829 g/mol. The maximum atomic E-state index is 12.9. The zero-order chi connectivity index (χ0) is 45.4. The van der Waals surface area contributed by atoms with Crippen LogP contribution in [-0.4, -0.2) is 17.4 Å². The van der Waals surface area contributed by atoms with Crippen LogP contribution in [0.5, 0.6) is 0 Å². The average Bonchev–Trinajstić information content (AvgIpc) is 3.19. The van der Waals surface area contributed by atoms with E-state index in [1.165, 1.54) is 79.7 Å². The van der Waals surface area contributed by atoms with Gasteiger partial charge in [0.25, 0.3) is 0 Å². The van der Waals surface area contributed by atoms with Crippen LogP contribution in [0.15, 0.2) is 167 Å². The van der Waals surface area contributed by atoms with Gasteiger partial charge in [-0.3, -0.25) is 9.59 Å². The van der Waals surface area contributed by atoms with Crippen LogP contribution in [0, 0.1) is 5.41 Å². The fraction of sp³-hybridized carbons (Fsp3) is 0.483. The summed E-state index contributed by atoms with van der Waals surface area (Å²) in [6.07, 6.45) is 60.5. The SMILES string of the molecule is CCCCCC=CCC=CCCCCCCCC(=O)OC(C)(C)C(=O)C=CC(C)=CC=CC(C)=CC=CC(C)=CC=CC=C(C)C=CC=C(C)C=CC1=C(C)CCCC1(C)C. The van der Waals surface area contributed by atoms with E-state index in [-0.39, 0.29) is 17.2 Å². The maximum Gasteiger partial charge on any atom is 0.306 e. The van der Waals surface area contributed by atoms with Crippen molar-refractivity contribution in [2.75, 3.05) is 0 Å². The van der Waals surface area contributed by atoms with Crippen molar-refractivity contribution in [3.05, 3.63) is 167 Å². The Hall–Kier alpha value is -4.50. The fourth-order valence-electron chi connectivity index (χ4n) is 6.85. The van der Waals surface area contributed by atoms with Gasteiger partial charge in [-0.1, -0.05) is 208 Å². The van der Waals surface area contributed by atoms with Gasteiger partial charge in [0.15, 0.2) is 11.4 Å². The molecule has 0 heterocycles. The molecule has 0 saturated carbocycles. The molecule has 1 aliphatic carbocycles. The summed E-state index contributed by atoms with van der Waals surface area (Å²) in [5.41, 5.74) is 7.73. The molecule has 61 heavy (non-hydrogen) atoms. The lowest BCUT2D eigenvalue weighted by atomic mass is 9.72. The third kappa shape index (κ3) is 27.9. The molecule has 0 saturated heterocycles. The van der Waals surface area contributed by atoms with Crippen LogP contribution in [0.1, 0.15) is 172 Å². The predicted octanol–water partition coefficient (Wildman–Crippen LogP) is 17.3. The van der Waals surface area contributed by atoms with Gasteiger partial charge in [-0.2, -0.15) is 0 Å². The number of rotatable bonds is 28. The second-order valence-electron chi connectivity index (χ2n) is 17.9. The highest BCUT2D eigenvalue weighted by Gasteiger charge is 2.29. The normalized spacial score (nSPS) is 16.9. The Morgan fingerprint density at radius 2 is 1.08 bits per heavy atom.